The van der Waals surface area contributed by atoms with E-state index in [1.807, 2.05) is 7.05 Å². The molecule has 0 unspecified atom stereocenters. The zero-order valence-corrected chi connectivity index (χ0v) is 9.12. The van der Waals surface area contributed by atoms with Crippen LogP contribution in [-0.2, 0) is 4.79 Å². The molecule has 1 aliphatic heterocycles. The minimum absolute atomic E-state index is 0.207. The van der Waals surface area contributed by atoms with Gasteiger partial charge in [-0.05, 0) is 12.8 Å². The quantitative estimate of drug-likeness (QED) is 0.609. The Kier molecular flexibility index (Phi) is 3.08. The summed E-state index contributed by atoms with van der Waals surface area (Å²) in [6, 6.07) is 0. The van der Waals surface area contributed by atoms with Gasteiger partial charge in [0.1, 0.15) is 0 Å². The van der Waals surface area contributed by atoms with E-state index >= 15 is 0 Å². The number of hydrogen-bond acceptors (Lipinski definition) is 4. The standard InChI is InChI=1S/C10H18N4O/c1-14-7-6-13-10(14)12-5-4-11-9(15)8-2-3-8/h8H,2-7H2,1H3,(H,11,15)(H,12,13). The van der Waals surface area contributed by atoms with Gasteiger partial charge in [-0.15, -0.1) is 0 Å². The van der Waals surface area contributed by atoms with Gasteiger partial charge >= 0.3 is 0 Å². The predicted octanol–water partition coefficient (Wildman–Crippen LogP) is -0.596. The molecule has 5 heteroatoms. The van der Waals surface area contributed by atoms with Crippen LogP contribution in [0.2, 0.25) is 0 Å². The number of carbonyl (C=O) groups is 1. The molecular formula is C10H18N4O. The molecule has 0 atom stereocenters. The normalized spacial score (nSPS) is 20.1. The maximum atomic E-state index is 11.3. The molecule has 1 amide bonds. The lowest BCUT2D eigenvalue weighted by Crippen LogP contribution is -2.40. The summed E-state index contributed by atoms with van der Waals surface area (Å²) in [5.41, 5.74) is 0. The highest BCUT2D eigenvalue weighted by Gasteiger charge is 2.28. The van der Waals surface area contributed by atoms with Crippen LogP contribution in [0.5, 0.6) is 0 Å². The lowest BCUT2D eigenvalue weighted by molar-refractivity contribution is -0.122. The molecule has 5 nitrogen and oxygen atoms in total. The first kappa shape index (κ1) is 10.3. The fraction of sp³-hybridized carbons (Fsp3) is 0.800. The molecule has 1 aliphatic carbocycles. The van der Waals surface area contributed by atoms with Crippen molar-refractivity contribution in [2.75, 3.05) is 33.2 Å². The number of carbonyl (C=O) groups excluding carboxylic acids is 1. The zero-order chi connectivity index (χ0) is 10.7. The predicted molar refractivity (Wildman–Crippen MR) is 58.7 cm³/mol. The Hall–Kier alpha value is -1.26. The van der Waals surface area contributed by atoms with Crippen LogP contribution in [-0.4, -0.2) is 50.0 Å². The summed E-state index contributed by atoms with van der Waals surface area (Å²) in [7, 11) is 2.02. The van der Waals surface area contributed by atoms with E-state index in [1.165, 1.54) is 0 Å². The Morgan fingerprint density at radius 3 is 2.93 bits per heavy atom. The number of likely N-dealkylation sites (N-methyl/N-ethyl adjacent to an activating group) is 1. The summed E-state index contributed by atoms with van der Waals surface area (Å²) in [6.45, 7) is 3.29. The van der Waals surface area contributed by atoms with Crippen LogP contribution in [0, 0.1) is 5.92 Å². The Balaban J connectivity index is 1.56. The van der Waals surface area contributed by atoms with Gasteiger partial charge in [-0.25, -0.2) is 0 Å². The third kappa shape index (κ3) is 2.84. The van der Waals surface area contributed by atoms with Gasteiger partial charge in [0.15, 0.2) is 5.96 Å². The lowest BCUT2D eigenvalue weighted by Gasteiger charge is -2.15. The van der Waals surface area contributed by atoms with Crippen LogP contribution >= 0.6 is 0 Å². The third-order valence-electron chi connectivity index (χ3n) is 2.71. The van der Waals surface area contributed by atoms with Gasteiger partial charge in [0, 0.05) is 32.6 Å². The molecule has 2 rings (SSSR count). The smallest absolute Gasteiger partial charge is 0.223 e. The number of rotatable bonds is 4. The Labute approximate surface area is 89.9 Å². The molecule has 0 bridgehead atoms. The molecule has 0 aromatic carbocycles. The highest BCUT2D eigenvalue weighted by Crippen LogP contribution is 2.28. The molecule has 0 radical (unpaired) electrons. The lowest BCUT2D eigenvalue weighted by atomic mass is 10.4. The highest BCUT2D eigenvalue weighted by molar-refractivity contribution is 5.82. The molecule has 2 N–H and O–H groups in total. The first-order valence-corrected chi connectivity index (χ1v) is 5.54. The fourth-order valence-corrected chi connectivity index (χ4v) is 1.57. The number of aliphatic imine (C=N–C) groups is 1. The number of hydrogen-bond donors (Lipinski definition) is 2. The zero-order valence-electron chi connectivity index (χ0n) is 9.12. The first-order valence-electron chi connectivity index (χ1n) is 5.54. The monoisotopic (exact) mass is 210 g/mol. The minimum atomic E-state index is 0.207. The van der Waals surface area contributed by atoms with Crippen molar-refractivity contribution in [1.29, 1.82) is 0 Å². The highest BCUT2D eigenvalue weighted by atomic mass is 16.2. The topological polar surface area (TPSA) is 56.7 Å². The van der Waals surface area contributed by atoms with E-state index in [1.54, 1.807) is 0 Å². The van der Waals surface area contributed by atoms with Gasteiger partial charge < -0.3 is 15.5 Å². The van der Waals surface area contributed by atoms with Crippen molar-refractivity contribution in [2.45, 2.75) is 12.8 Å². The summed E-state index contributed by atoms with van der Waals surface area (Å²) < 4.78 is 0. The van der Waals surface area contributed by atoms with Crippen LogP contribution in [0.15, 0.2) is 4.99 Å². The molecule has 84 valence electrons. The van der Waals surface area contributed by atoms with Crippen LogP contribution in [0.25, 0.3) is 0 Å². The van der Waals surface area contributed by atoms with Crippen LogP contribution in [0.3, 0.4) is 0 Å². The van der Waals surface area contributed by atoms with Crippen molar-refractivity contribution in [1.82, 2.24) is 15.5 Å². The van der Waals surface area contributed by atoms with Crippen molar-refractivity contribution < 1.29 is 4.79 Å². The molecule has 0 spiro atoms. The van der Waals surface area contributed by atoms with Crippen molar-refractivity contribution in [3.05, 3.63) is 0 Å². The van der Waals surface area contributed by atoms with Gasteiger partial charge in [0.05, 0.1) is 6.54 Å². The van der Waals surface area contributed by atoms with E-state index in [4.69, 9.17) is 0 Å². The average Bonchev–Trinajstić information content (AvgIpc) is 2.99. The fourth-order valence-electron chi connectivity index (χ4n) is 1.57. The Bertz CT molecular complexity index is 273. The number of amides is 1. The second-order valence-corrected chi connectivity index (χ2v) is 4.12. The summed E-state index contributed by atoms with van der Waals surface area (Å²) in [6.07, 6.45) is 2.13. The summed E-state index contributed by atoms with van der Waals surface area (Å²) in [5.74, 6) is 1.45. The molecular weight excluding hydrogens is 192 g/mol. The number of nitrogens with zero attached hydrogens (tertiary/aromatic N) is 2. The van der Waals surface area contributed by atoms with E-state index in [2.05, 4.69) is 20.5 Å². The van der Waals surface area contributed by atoms with Gasteiger partial charge in [0.2, 0.25) is 5.91 Å². The molecule has 0 aromatic rings. The minimum Gasteiger partial charge on any atom is -0.354 e. The van der Waals surface area contributed by atoms with Crippen LogP contribution in [0.4, 0.5) is 0 Å². The Morgan fingerprint density at radius 1 is 1.53 bits per heavy atom. The molecule has 15 heavy (non-hydrogen) atoms. The average molecular weight is 210 g/mol. The van der Waals surface area contributed by atoms with Gasteiger partial charge in [0.25, 0.3) is 0 Å². The SMILES string of the molecule is CN1CCN=C1NCCNC(=O)C1CC1. The number of nitrogens with one attached hydrogen (secondary N) is 2. The molecule has 0 aromatic heterocycles. The maximum Gasteiger partial charge on any atom is 0.223 e. The second-order valence-electron chi connectivity index (χ2n) is 4.12. The van der Waals surface area contributed by atoms with Crippen LogP contribution in [0.1, 0.15) is 12.8 Å². The molecule has 1 heterocycles. The van der Waals surface area contributed by atoms with Gasteiger partial charge in [-0.3, -0.25) is 9.79 Å². The summed E-state index contributed by atoms with van der Waals surface area (Å²) >= 11 is 0. The van der Waals surface area contributed by atoms with E-state index < -0.39 is 0 Å². The van der Waals surface area contributed by atoms with Crippen LogP contribution < -0.4 is 10.6 Å². The molecule has 2 aliphatic rings. The van der Waals surface area contributed by atoms with Crippen molar-refractivity contribution in [3.63, 3.8) is 0 Å². The van der Waals surface area contributed by atoms with E-state index in [-0.39, 0.29) is 5.91 Å². The molecule has 1 saturated carbocycles. The van der Waals surface area contributed by atoms with Gasteiger partial charge in [-0.1, -0.05) is 0 Å². The summed E-state index contributed by atoms with van der Waals surface area (Å²) in [4.78, 5) is 17.7. The van der Waals surface area contributed by atoms with Gasteiger partial charge in [-0.2, -0.15) is 0 Å². The Morgan fingerprint density at radius 2 is 2.33 bits per heavy atom. The maximum absolute atomic E-state index is 11.3. The second kappa shape index (κ2) is 4.51. The summed E-state index contributed by atoms with van der Waals surface area (Å²) in [5, 5.41) is 6.12. The van der Waals surface area contributed by atoms with Crippen molar-refractivity contribution in [2.24, 2.45) is 10.9 Å². The van der Waals surface area contributed by atoms with Crippen molar-refractivity contribution in [3.8, 4) is 0 Å². The third-order valence-corrected chi connectivity index (χ3v) is 2.71. The molecule has 0 saturated heterocycles. The largest absolute Gasteiger partial charge is 0.354 e. The molecule has 1 fully saturated rings. The van der Waals surface area contributed by atoms with E-state index in [0.717, 1.165) is 38.4 Å². The number of guanidine groups is 1. The van der Waals surface area contributed by atoms with Crippen molar-refractivity contribution >= 4 is 11.9 Å². The van der Waals surface area contributed by atoms with E-state index in [0.29, 0.717) is 12.5 Å². The first-order chi connectivity index (χ1) is 7.27. The van der Waals surface area contributed by atoms with E-state index in [9.17, 15) is 4.79 Å².